The van der Waals surface area contributed by atoms with Gasteiger partial charge in [-0.3, -0.25) is 14.4 Å². The molecular weight excluding hydrogens is 997 g/mol. The summed E-state index contributed by atoms with van der Waals surface area (Å²) < 4.78 is 17.0. The highest BCUT2D eigenvalue weighted by atomic mass is 16.6. The van der Waals surface area contributed by atoms with E-state index < -0.39 is 6.10 Å². The molecule has 1 atom stereocenters. The van der Waals surface area contributed by atoms with Crippen LogP contribution in [-0.4, -0.2) is 37.2 Å². The minimum atomic E-state index is -0.789. The van der Waals surface area contributed by atoms with Crippen molar-refractivity contribution in [1.82, 2.24) is 0 Å². The molecule has 474 valence electrons. The Morgan fingerprint density at radius 1 is 0.259 bits per heavy atom. The molecule has 0 aromatic rings. The van der Waals surface area contributed by atoms with Gasteiger partial charge in [-0.05, 0) is 57.8 Å². The van der Waals surface area contributed by atoms with Crippen LogP contribution < -0.4 is 0 Å². The summed E-state index contributed by atoms with van der Waals surface area (Å²) >= 11 is 0. The molecule has 0 aliphatic heterocycles. The zero-order valence-electron chi connectivity index (χ0n) is 54.6. The van der Waals surface area contributed by atoms with Gasteiger partial charge < -0.3 is 14.2 Å². The number of carbonyl (C=O) groups excluding carboxylic acids is 3. The van der Waals surface area contributed by atoms with Crippen LogP contribution in [0.3, 0.4) is 0 Å². The molecule has 0 spiro atoms. The van der Waals surface area contributed by atoms with Crippen molar-refractivity contribution in [3.63, 3.8) is 0 Å². The van der Waals surface area contributed by atoms with Crippen LogP contribution in [0.4, 0.5) is 0 Å². The number of hydrogen-bond acceptors (Lipinski definition) is 6. The minimum Gasteiger partial charge on any atom is -0.462 e. The minimum absolute atomic E-state index is 0.0808. The van der Waals surface area contributed by atoms with Gasteiger partial charge in [0.1, 0.15) is 13.2 Å². The van der Waals surface area contributed by atoms with Crippen LogP contribution in [0.1, 0.15) is 393 Å². The summed E-state index contributed by atoms with van der Waals surface area (Å²) in [6, 6.07) is 0. The summed E-state index contributed by atoms with van der Waals surface area (Å²) in [7, 11) is 0. The standard InChI is InChI=1S/C75H138O6/c1-4-7-10-13-16-19-22-25-28-30-32-34-36-37-39-40-42-44-47-50-53-56-59-62-65-68-74(77)80-71-72(70-79-73(76)67-64-61-58-55-52-49-46-27-24-21-18-15-12-9-6-3)81-75(78)69-66-63-60-57-54-51-48-45-43-41-38-35-33-31-29-26-23-20-17-14-11-8-5-2/h9,12,18,21,27,46,52,55,72H,4-8,10-11,13-17,19-20,22-26,28-45,47-51,53-54,56-71H2,1-3H3/b12-9-,21-18-,46-27-,55-52-. The van der Waals surface area contributed by atoms with Gasteiger partial charge in [0.05, 0.1) is 0 Å². The first kappa shape index (κ1) is 78.4. The SMILES string of the molecule is CC/C=C\C/C=C\C/C=C\C/C=C\CCCCC(=O)OCC(COC(=O)CCCCCCCCCCCCCCCCCCCCCCCCCCC)OC(=O)CCCCCCCCCCCCCCCCCCCCCCCCC. The van der Waals surface area contributed by atoms with E-state index in [1.807, 2.05) is 0 Å². The van der Waals surface area contributed by atoms with Gasteiger partial charge in [-0.1, -0.05) is 365 Å². The molecule has 1 unspecified atom stereocenters. The number of carbonyl (C=O) groups is 3. The Morgan fingerprint density at radius 3 is 0.753 bits per heavy atom. The molecule has 0 amide bonds. The molecule has 6 nitrogen and oxygen atoms in total. The molecule has 0 radical (unpaired) electrons. The van der Waals surface area contributed by atoms with Gasteiger partial charge in [0.2, 0.25) is 0 Å². The van der Waals surface area contributed by atoms with E-state index in [2.05, 4.69) is 69.4 Å². The largest absolute Gasteiger partial charge is 0.462 e. The molecule has 0 fully saturated rings. The number of unbranched alkanes of at least 4 members (excludes halogenated alkanes) is 48. The molecule has 0 saturated heterocycles. The van der Waals surface area contributed by atoms with E-state index in [-0.39, 0.29) is 31.1 Å². The Morgan fingerprint density at radius 2 is 0.481 bits per heavy atom. The number of ether oxygens (including phenoxy) is 3. The first-order valence-electron chi connectivity index (χ1n) is 36.1. The lowest BCUT2D eigenvalue weighted by Crippen LogP contribution is -2.30. The van der Waals surface area contributed by atoms with Crippen molar-refractivity contribution in [3.8, 4) is 0 Å². The third kappa shape index (κ3) is 68.0. The van der Waals surface area contributed by atoms with Crippen molar-refractivity contribution >= 4 is 17.9 Å². The van der Waals surface area contributed by atoms with Crippen LogP contribution in [-0.2, 0) is 28.6 Å². The van der Waals surface area contributed by atoms with Gasteiger partial charge in [-0.25, -0.2) is 0 Å². The Bertz CT molecular complexity index is 1400. The second kappa shape index (κ2) is 69.9. The molecule has 0 rings (SSSR count). The van der Waals surface area contributed by atoms with E-state index in [0.717, 1.165) is 83.5 Å². The molecule has 0 aliphatic carbocycles. The molecule has 0 bridgehead atoms. The lowest BCUT2D eigenvalue weighted by atomic mass is 10.0. The summed E-state index contributed by atoms with van der Waals surface area (Å²) in [5.41, 5.74) is 0. The monoisotopic (exact) mass is 1140 g/mol. The smallest absolute Gasteiger partial charge is 0.306 e. The normalized spacial score (nSPS) is 12.3. The number of hydrogen-bond donors (Lipinski definition) is 0. The molecule has 0 aromatic heterocycles. The summed E-state index contributed by atoms with van der Waals surface area (Å²) in [6.07, 6.45) is 88.7. The molecule has 0 saturated carbocycles. The number of esters is 3. The third-order valence-electron chi connectivity index (χ3n) is 16.3. The predicted octanol–water partition coefficient (Wildman–Crippen LogP) is 24.9. The predicted molar refractivity (Wildman–Crippen MR) is 353 cm³/mol. The maximum atomic E-state index is 13.0. The zero-order chi connectivity index (χ0) is 58.5. The van der Waals surface area contributed by atoms with Crippen molar-refractivity contribution in [3.05, 3.63) is 48.6 Å². The van der Waals surface area contributed by atoms with Crippen molar-refractivity contribution in [2.45, 2.75) is 399 Å². The highest BCUT2D eigenvalue weighted by Crippen LogP contribution is 2.19. The average Bonchev–Trinajstić information content (AvgIpc) is 3.47. The van der Waals surface area contributed by atoms with Crippen LogP contribution in [0.2, 0.25) is 0 Å². The van der Waals surface area contributed by atoms with Crippen LogP contribution in [0.5, 0.6) is 0 Å². The highest BCUT2D eigenvalue weighted by molar-refractivity contribution is 5.71. The molecule has 81 heavy (non-hydrogen) atoms. The lowest BCUT2D eigenvalue weighted by Gasteiger charge is -2.18. The summed E-state index contributed by atoms with van der Waals surface area (Å²) in [4.78, 5) is 38.4. The Hall–Kier alpha value is -2.63. The fraction of sp³-hybridized carbons (Fsp3) is 0.853. The summed E-state index contributed by atoms with van der Waals surface area (Å²) in [5.74, 6) is -0.895. The fourth-order valence-electron chi connectivity index (χ4n) is 11.0. The van der Waals surface area contributed by atoms with Gasteiger partial charge in [0.25, 0.3) is 0 Å². The molecule has 0 N–H and O–H groups in total. The van der Waals surface area contributed by atoms with Crippen molar-refractivity contribution in [2.75, 3.05) is 13.2 Å². The summed E-state index contributed by atoms with van der Waals surface area (Å²) in [5, 5.41) is 0. The van der Waals surface area contributed by atoms with Crippen LogP contribution in [0.15, 0.2) is 48.6 Å². The van der Waals surface area contributed by atoms with Crippen LogP contribution >= 0.6 is 0 Å². The molecular formula is C75H138O6. The second-order valence-electron chi connectivity index (χ2n) is 24.5. The third-order valence-corrected chi connectivity index (χ3v) is 16.3. The van der Waals surface area contributed by atoms with E-state index in [1.165, 1.54) is 270 Å². The number of rotatable bonds is 67. The second-order valence-corrected chi connectivity index (χ2v) is 24.5. The van der Waals surface area contributed by atoms with Crippen molar-refractivity contribution in [1.29, 1.82) is 0 Å². The van der Waals surface area contributed by atoms with Gasteiger partial charge >= 0.3 is 17.9 Å². The van der Waals surface area contributed by atoms with E-state index in [1.54, 1.807) is 0 Å². The average molecular weight is 1140 g/mol. The van der Waals surface area contributed by atoms with E-state index >= 15 is 0 Å². The quantitative estimate of drug-likeness (QED) is 0.0261. The zero-order valence-corrected chi connectivity index (χ0v) is 54.6. The Labute approximate surface area is 505 Å². The first-order valence-corrected chi connectivity index (χ1v) is 36.1. The van der Waals surface area contributed by atoms with Crippen LogP contribution in [0.25, 0.3) is 0 Å². The topological polar surface area (TPSA) is 78.9 Å². The van der Waals surface area contributed by atoms with E-state index in [9.17, 15) is 14.4 Å². The maximum absolute atomic E-state index is 13.0. The van der Waals surface area contributed by atoms with E-state index in [0.29, 0.717) is 19.3 Å². The van der Waals surface area contributed by atoms with E-state index in [4.69, 9.17) is 14.2 Å². The lowest BCUT2D eigenvalue weighted by molar-refractivity contribution is -0.167. The molecule has 6 heteroatoms. The van der Waals surface area contributed by atoms with Crippen molar-refractivity contribution in [2.24, 2.45) is 0 Å². The van der Waals surface area contributed by atoms with Crippen molar-refractivity contribution < 1.29 is 28.6 Å². The highest BCUT2D eigenvalue weighted by Gasteiger charge is 2.19. The molecule has 0 aromatic carbocycles. The first-order chi connectivity index (χ1) is 40.0. The van der Waals surface area contributed by atoms with Gasteiger partial charge in [-0.15, -0.1) is 0 Å². The fourth-order valence-corrected chi connectivity index (χ4v) is 11.0. The Balaban J connectivity index is 4.27. The molecule has 0 heterocycles. The van der Waals surface area contributed by atoms with Gasteiger partial charge in [-0.2, -0.15) is 0 Å². The molecule has 0 aliphatic rings. The summed E-state index contributed by atoms with van der Waals surface area (Å²) in [6.45, 7) is 6.57. The van der Waals surface area contributed by atoms with Gasteiger partial charge in [0, 0.05) is 19.3 Å². The van der Waals surface area contributed by atoms with Crippen LogP contribution in [0, 0.1) is 0 Å². The number of allylic oxidation sites excluding steroid dienone is 8. The Kier molecular flexibility index (Phi) is 67.6. The maximum Gasteiger partial charge on any atom is 0.306 e. The van der Waals surface area contributed by atoms with Gasteiger partial charge in [0.15, 0.2) is 6.10 Å².